The van der Waals surface area contributed by atoms with Crippen LogP contribution in [-0.4, -0.2) is 74.5 Å². The molecule has 0 saturated carbocycles. The zero-order chi connectivity index (χ0) is 22.8. The lowest BCUT2D eigenvalue weighted by atomic mass is 9.97. The van der Waals surface area contributed by atoms with E-state index in [0.717, 1.165) is 25.3 Å². The zero-order valence-corrected chi connectivity index (χ0v) is 19.8. The highest BCUT2D eigenvalue weighted by Crippen LogP contribution is 2.31. The average molecular weight is 493 g/mol. The fraction of sp³-hybridized carbons (Fsp3) is 0.600. The smallest absolute Gasteiger partial charge is 0.340 e. The molecular formula is C20H26Cl2N2O6S. The number of esters is 1. The van der Waals surface area contributed by atoms with Crippen LogP contribution in [0.15, 0.2) is 17.0 Å². The number of nitrogens with zero attached hydrogens (tertiary/aromatic N) is 2. The summed E-state index contributed by atoms with van der Waals surface area (Å²) in [5, 5.41) is -0.150. The number of amides is 1. The van der Waals surface area contributed by atoms with Crippen molar-refractivity contribution in [1.82, 2.24) is 9.21 Å². The molecule has 11 heteroatoms. The molecule has 0 spiro atoms. The van der Waals surface area contributed by atoms with E-state index in [2.05, 4.69) is 0 Å². The minimum atomic E-state index is -3.95. The van der Waals surface area contributed by atoms with E-state index in [1.54, 1.807) is 4.90 Å². The van der Waals surface area contributed by atoms with E-state index in [1.165, 1.54) is 10.4 Å². The summed E-state index contributed by atoms with van der Waals surface area (Å²) in [5.74, 6) is -1.18. The van der Waals surface area contributed by atoms with Crippen LogP contribution >= 0.6 is 23.2 Å². The predicted octanol–water partition coefficient (Wildman–Crippen LogP) is 2.96. The van der Waals surface area contributed by atoms with Crippen molar-refractivity contribution in [3.63, 3.8) is 0 Å². The minimum absolute atomic E-state index is 0.0527. The number of rotatable bonds is 5. The first-order valence-corrected chi connectivity index (χ1v) is 12.4. The molecule has 1 amide bonds. The molecule has 0 unspecified atom stereocenters. The first-order chi connectivity index (χ1) is 14.6. The molecule has 2 atom stereocenters. The number of benzene rings is 1. The van der Waals surface area contributed by atoms with Gasteiger partial charge in [0.05, 0.1) is 28.8 Å². The molecule has 31 heavy (non-hydrogen) atoms. The van der Waals surface area contributed by atoms with Gasteiger partial charge in [0.2, 0.25) is 10.0 Å². The van der Waals surface area contributed by atoms with Gasteiger partial charge in [0, 0.05) is 25.2 Å². The van der Waals surface area contributed by atoms with Gasteiger partial charge in [-0.3, -0.25) is 4.79 Å². The average Bonchev–Trinajstić information content (AvgIpc) is 2.72. The van der Waals surface area contributed by atoms with E-state index < -0.39 is 22.6 Å². The Labute approximate surface area is 192 Å². The van der Waals surface area contributed by atoms with Gasteiger partial charge in [-0.15, -0.1) is 0 Å². The van der Waals surface area contributed by atoms with Crippen LogP contribution in [-0.2, 0) is 24.3 Å². The number of hydrogen-bond donors (Lipinski definition) is 0. The van der Waals surface area contributed by atoms with Gasteiger partial charge >= 0.3 is 5.97 Å². The first kappa shape index (κ1) is 24.3. The summed E-state index contributed by atoms with van der Waals surface area (Å²) in [6.45, 7) is 4.40. The Hall–Kier alpha value is -1.39. The van der Waals surface area contributed by atoms with E-state index in [1.807, 2.05) is 13.8 Å². The molecule has 3 rings (SSSR count). The maximum atomic E-state index is 13.0. The molecule has 0 radical (unpaired) electrons. The van der Waals surface area contributed by atoms with Gasteiger partial charge in [0.1, 0.15) is 4.90 Å². The Balaban J connectivity index is 1.77. The monoisotopic (exact) mass is 492 g/mol. The fourth-order valence-electron chi connectivity index (χ4n) is 4.00. The van der Waals surface area contributed by atoms with E-state index in [9.17, 15) is 18.0 Å². The number of carbonyl (C=O) groups excluding carboxylic acids is 2. The van der Waals surface area contributed by atoms with Gasteiger partial charge in [-0.2, -0.15) is 4.31 Å². The van der Waals surface area contributed by atoms with Crippen LogP contribution in [0.3, 0.4) is 0 Å². The largest absolute Gasteiger partial charge is 0.452 e. The summed E-state index contributed by atoms with van der Waals surface area (Å²) >= 11 is 12.3. The molecule has 2 aliphatic rings. The summed E-state index contributed by atoms with van der Waals surface area (Å²) in [4.78, 5) is 26.7. The van der Waals surface area contributed by atoms with Crippen LogP contribution in [0.25, 0.3) is 0 Å². The van der Waals surface area contributed by atoms with Gasteiger partial charge in [-0.1, -0.05) is 23.2 Å². The lowest BCUT2D eigenvalue weighted by molar-refractivity contribution is -0.140. The lowest BCUT2D eigenvalue weighted by Gasteiger charge is -2.38. The molecule has 8 nitrogen and oxygen atoms in total. The van der Waals surface area contributed by atoms with Gasteiger partial charge in [-0.05, 0) is 45.2 Å². The molecule has 0 aliphatic carbocycles. The first-order valence-electron chi connectivity index (χ1n) is 10.2. The predicted molar refractivity (Wildman–Crippen MR) is 116 cm³/mol. The molecule has 2 heterocycles. The summed E-state index contributed by atoms with van der Waals surface area (Å²) in [6, 6.07) is 2.44. The van der Waals surface area contributed by atoms with Gasteiger partial charge in [0.15, 0.2) is 6.61 Å². The number of ether oxygens (including phenoxy) is 2. The van der Waals surface area contributed by atoms with Crippen molar-refractivity contribution in [2.45, 2.75) is 50.1 Å². The van der Waals surface area contributed by atoms with Crippen molar-refractivity contribution in [3.8, 4) is 0 Å². The third-order valence-electron chi connectivity index (χ3n) is 5.64. The van der Waals surface area contributed by atoms with Crippen molar-refractivity contribution in [1.29, 1.82) is 0 Å². The number of halogens is 2. The Bertz CT molecular complexity index is 939. The number of piperidine rings is 1. The van der Waals surface area contributed by atoms with Crippen LogP contribution in [0.2, 0.25) is 10.0 Å². The molecule has 2 saturated heterocycles. The van der Waals surface area contributed by atoms with Crippen LogP contribution in [0.4, 0.5) is 0 Å². The van der Waals surface area contributed by atoms with Crippen molar-refractivity contribution >= 4 is 45.1 Å². The summed E-state index contributed by atoms with van der Waals surface area (Å²) in [7, 11) is -3.95. The van der Waals surface area contributed by atoms with E-state index >= 15 is 0 Å². The standard InChI is InChI=1S/C20H26Cl2N2O6S/c1-13-4-3-5-14(2)24(13)19(25)12-30-20(26)15-10-18(17(22)11-16(15)21)31(27,28)23-6-8-29-9-7-23/h10-11,13-14H,3-9,12H2,1-2H3/t13-,14+. The van der Waals surface area contributed by atoms with Crippen molar-refractivity contribution in [2.75, 3.05) is 32.9 Å². The quantitative estimate of drug-likeness (QED) is 0.586. The number of morpholine rings is 1. The Morgan fingerprint density at radius 1 is 1.10 bits per heavy atom. The second-order valence-corrected chi connectivity index (χ2v) is 10.5. The van der Waals surface area contributed by atoms with Crippen molar-refractivity contribution in [3.05, 3.63) is 27.7 Å². The van der Waals surface area contributed by atoms with Crippen molar-refractivity contribution in [2.24, 2.45) is 0 Å². The number of carbonyl (C=O) groups is 2. The van der Waals surface area contributed by atoms with E-state index in [-0.39, 0.29) is 64.8 Å². The minimum Gasteiger partial charge on any atom is -0.452 e. The highest BCUT2D eigenvalue weighted by atomic mass is 35.5. The molecule has 172 valence electrons. The summed E-state index contributed by atoms with van der Waals surface area (Å²) in [5.41, 5.74) is -0.162. The van der Waals surface area contributed by atoms with E-state index in [0.29, 0.717) is 0 Å². The molecule has 0 bridgehead atoms. The van der Waals surface area contributed by atoms with Crippen LogP contribution < -0.4 is 0 Å². The maximum absolute atomic E-state index is 13.0. The summed E-state index contributed by atoms with van der Waals surface area (Å²) in [6.07, 6.45) is 2.85. The normalized spacial score (nSPS) is 22.9. The van der Waals surface area contributed by atoms with Crippen LogP contribution in [0.1, 0.15) is 43.5 Å². The lowest BCUT2D eigenvalue weighted by Crippen LogP contribution is -2.49. The molecule has 2 fully saturated rings. The molecule has 0 N–H and O–H groups in total. The Morgan fingerprint density at radius 2 is 1.71 bits per heavy atom. The van der Waals surface area contributed by atoms with Crippen molar-refractivity contribution < 1.29 is 27.5 Å². The van der Waals surface area contributed by atoms with Gasteiger partial charge in [-0.25, -0.2) is 13.2 Å². The number of likely N-dealkylation sites (tertiary alicyclic amines) is 1. The number of sulfonamides is 1. The van der Waals surface area contributed by atoms with Crippen LogP contribution in [0, 0.1) is 0 Å². The highest BCUT2D eigenvalue weighted by molar-refractivity contribution is 7.89. The highest BCUT2D eigenvalue weighted by Gasteiger charge is 2.32. The second-order valence-electron chi connectivity index (χ2n) is 7.79. The maximum Gasteiger partial charge on any atom is 0.340 e. The molecule has 2 aliphatic heterocycles. The Kier molecular flexibility index (Phi) is 7.86. The Morgan fingerprint density at radius 3 is 2.32 bits per heavy atom. The SMILES string of the molecule is C[C@@H]1CCC[C@H](C)N1C(=O)COC(=O)c1cc(S(=O)(=O)N2CCOCC2)c(Cl)cc1Cl. The summed E-state index contributed by atoms with van der Waals surface area (Å²) < 4.78 is 37.6. The number of hydrogen-bond acceptors (Lipinski definition) is 6. The fourth-order valence-corrected chi connectivity index (χ4v) is 6.23. The topological polar surface area (TPSA) is 93.2 Å². The van der Waals surface area contributed by atoms with E-state index in [4.69, 9.17) is 32.7 Å². The third kappa shape index (κ3) is 5.34. The van der Waals surface area contributed by atoms with Crippen LogP contribution in [0.5, 0.6) is 0 Å². The molecule has 1 aromatic carbocycles. The van der Waals surface area contributed by atoms with Gasteiger partial charge in [0.25, 0.3) is 5.91 Å². The molecule has 1 aromatic rings. The molecular weight excluding hydrogens is 467 g/mol. The third-order valence-corrected chi connectivity index (χ3v) is 8.31. The second kappa shape index (κ2) is 10.0. The molecule has 0 aromatic heterocycles. The van der Waals surface area contributed by atoms with Gasteiger partial charge < -0.3 is 14.4 Å². The zero-order valence-electron chi connectivity index (χ0n) is 17.5.